The molecule has 3 heterocycles. The van der Waals surface area contributed by atoms with Gasteiger partial charge in [0.1, 0.15) is 11.6 Å². The lowest BCUT2D eigenvalue weighted by molar-refractivity contribution is 1.04. The second-order valence-corrected chi connectivity index (χ2v) is 6.99. The molecular formula is C26H20N4. The van der Waals surface area contributed by atoms with Gasteiger partial charge in [-0.1, -0.05) is 42.5 Å². The zero-order valence-electron chi connectivity index (χ0n) is 16.6. The Kier molecular flexibility index (Phi) is 4.66. The highest BCUT2D eigenvalue weighted by Crippen LogP contribution is 2.32. The fourth-order valence-electron chi connectivity index (χ4n) is 3.61. The lowest BCUT2D eigenvalue weighted by Crippen LogP contribution is -1.96. The number of pyridine rings is 2. The molecule has 5 rings (SSSR count). The minimum absolute atomic E-state index is 0.838. The fraction of sp³-hybridized carbons (Fsp3) is 0.0385. The number of benzene rings is 2. The van der Waals surface area contributed by atoms with E-state index in [0.717, 1.165) is 44.7 Å². The highest BCUT2D eigenvalue weighted by Gasteiger charge is 2.12. The van der Waals surface area contributed by atoms with E-state index in [1.54, 1.807) is 12.4 Å². The van der Waals surface area contributed by atoms with Crippen LogP contribution < -0.4 is 0 Å². The Labute approximate surface area is 174 Å². The van der Waals surface area contributed by atoms with Crippen LogP contribution in [0, 0.1) is 0 Å². The van der Waals surface area contributed by atoms with Crippen molar-refractivity contribution in [3.63, 3.8) is 0 Å². The van der Waals surface area contributed by atoms with E-state index in [4.69, 9.17) is 4.98 Å². The molecule has 0 spiro atoms. The van der Waals surface area contributed by atoms with Gasteiger partial charge in [-0.2, -0.15) is 0 Å². The maximum atomic E-state index is 4.84. The molecule has 3 aromatic heterocycles. The lowest BCUT2D eigenvalue weighted by Gasteiger charge is -2.08. The van der Waals surface area contributed by atoms with Crippen molar-refractivity contribution in [2.75, 3.05) is 0 Å². The van der Waals surface area contributed by atoms with Gasteiger partial charge in [0, 0.05) is 28.7 Å². The van der Waals surface area contributed by atoms with Crippen LogP contribution in [-0.4, -0.2) is 20.7 Å². The van der Waals surface area contributed by atoms with E-state index in [9.17, 15) is 0 Å². The summed E-state index contributed by atoms with van der Waals surface area (Å²) in [5.41, 5.74) is 4.10. The summed E-state index contributed by atoms with van der Waals surface area (Å²) in [5.74, 6) is 1.68. The summed E-state index contributed by atoms with van der Waals surface area (Å²) >= 11 is 0. The van der Waals surface area contributed by atoms with Gasteiger partial charge in [0.25, 0.3) is 0 Å². The average Bonchev–Trinajstić information content (AvgIpc) is 3.17. The average molecular weight is 388 g/mol. The largest absolute Gasteiger partial charge is 0.278 e. The summed E-state index contributed by atoms with van der Waals surface area (Å²) in [6.07, 6.45) is 7.49. The Morgan fingerprint density at radius 3 is 2.63 bits per heavy atom. The molecule has 0 radical (unpaired) electrons. The third kappa shape index (κ3) is 3.29. The molecule has 2 aromatic carbocycles. The van der Waals surface area contributed by atoms with Crippen LogP contribution in [0.15, 0.2) is 102 Å². The van der Waals surface area contributed by atoms with Crippen LogP contribution in [0.2, 0.25) is 0 Å². The molecular weight excluding hydrogens is 368 g/mol. The second-order valence-electron chi connectivity index (χ2n) is 6.99. The van der Waals surface area contributed by atoms with Crippen LogP contribution in [0.3, 0.4) is 0 Å². The minimum Gasteiger partial charge on any atom is -0.278 e. The van der Waals surface area contributed by atoms with Gasteiger partial charge in [0.15, 0.2) is 0 Å². The third-order valence-electron chi connectivity index (χ3n) is 5.04. The van der Waals surface area contributed by atoms with Crippen molar-refractivity contribution in [3.05, 3.63) is 97.2 Å². The predicted octanol–water partition coefficient (Wildman–Crippen LogP) is 6.52. The molecule has 0 saturated heterocycles. The predicted molar refractivity (Wildman–Crippen MR) is 125 cm³/mol. The van der Waals surface area contributed by atoms with Crippen LogP contribution in [0.25, 0.3) is 38.9 Å². The molecule has 4 heteroatoms. The first kappa shape index (κ1) is 18.0. The van der Waals surface area contributed by atoms with Gasteiger partial charge >= 0.3 is 0 Å². The van der Waals surface area contributed by atoms with Gasteiger partial charge in [-0.25, -0.2) is 15.0 Å². The number of fused-ring (bicyclic) bond motifs is 2. The van der Waals surface area contributed by atoms with E-state index in [1.165, 1.54) is 0 Å². The third-order valence-corrected chi connectivity index (χ3v) is 5.04. The number of para-hydroxylation sites is 1. The van der Waals surface area contributed by atoms with Crippen LogP contribution >= 0.6 is 0 Å². The van der Waals surface area contributed by atoms with Gasteiger partial charge in [0.2, 0.25) is 0 Å². The Morgan fingerprint density at radius 2 is 1.77 bits per heavy atom. The first-order valence-electron chi connectivity index (χ1n) is 9.92. The first-order valence-corrected chi connectivity index (χ1v) is 9.92. The summed E-state index contributed by atoms with van der Waals surface area (Å²) in [6, 6.07) is 26.8. The SMILES string of the molecule is C/C=C\C=Nc1cc2cc(-c3ccc4ccccc4n3)ccc2n1-c1ccccn1. The van der Waals surface area contributed by atoms with Crippen LogP contribution in [-0.2, 0) is 0 Å². The smallest absolute Gasteiger partial charge is 0.139 e. The van der Waals surface area contributed by atoms with Crippen molar-refractivity contribution in [3.8, 4) is 17.1 Å². The molecule has 0 saturated carbocycles. The normalized spacial score (nSPS) is 11.9. The molecule has 0 aliphatic heterocycles. The maximum Gasteiger partial charge on any atom is 0.139 e. The van der Waals surface area contributed by atoms with E-state index in [-0.39, 0.29) is 0 Å². The van der Waals surface area contributed by atoms with Crippen molar-refractivity contribution in [1.29, 1.82) is 0 Å². The number of hydrogen-bond acceptors (Lipinski definition) is 3. The van der Waals surface area contributed by atoms with Crippen molar-refractivity contribution in [2.45, 2.75) is 6.92 Å². The molecule has 0 aliphatic rings. The molecule has 30 heavy (non-hydrogen) atoms. The molecule has 0 atom stereocenters. The highest BCUT2D eigenvalue weighted by atomic mass is 15.1. The van der Waals surface area contributed by atoms with Gasteiger partial charge in [0.05, 0.1) is 16.7 Å². The Bertz CT molecular complexity index is 1400. The molecule has 144 valence electrons. The van der Waals surface area contributed by atoms with E-state index in [0.29, 0.717) is 0 Å². The number of aromatic nitrogens is 3. The van der Waals surface area contributed by atoms with Crippen LogP contribution in [0.5, 0.6) is 0 Å². The second kappa shape index (κ2) is 7.76. The molecule has 0 amide bonds. The van der Waals surface area contributed by atoms with Crippen molar-refractivity contribution >= 4 is 33.8 Å². The van der Waals surface area contributed by atoms with Gasteiger partial charge in [-0.15, -0.1) is 0 Å². The van der Waals surface area contributed by atoms with Gasteiger partial charge < -0.3 is 0 Å². The quantitative estimate of drug-likeness (QED) is 0.329. The molecule has 0 N–H and O–H groups in total. The first-order chi connectivity index (χ1) is 14.8. The Morgan fingerprint density at radius 1 is 0.867 bits per heavy atom. The Hall–Kier alpha value is -4.05. The summed E-state index contributed by atoms with van der Waals surface area (Å²) < 4.78 is 2.08. The summed E-state index contributed by atoms with van der Waals surface area (Å²) in [7, 11) is 0. The monoisotopic (exact) mass is 388 g/mol. The number of aliphatic imine (C=N–C) groups is 1. The standard InChI is InChI=1S/C26H20N4/c1-2-3-15-28-26-18-21-17-20(23-13-11-19-8-4-5-9-22(19)29-23)12-14-24(21)30(26)25-10-6-7-16-27-25/h2-18H,1H3/b3-2-,28-15?. The molecule has 0 unspecified atom stereocenters. The van der Waals surface area contributed by atoms with Crippen molar-refractivity contribution in [2.24, 2.45) is 4.99 Å². The highest BCUT2D eigenvalue weighted by molar-refractivity contribution is 5.91. The van der Waals surface area contributed by atoms with E-state index in [1.807, 2.05) is 55.5 Å². The summed E-state index contributed by atoms with van der Waals surface area (Å²) in [4.78, 5) is 14.0. The topological polar surface area (TPSA) is 43.1 Å². The molecule has 0 bridgehead atoms. The van der Waals surface area contributed by atoms with E-state index in [2.05, 4.69) is 57.0 Å². The molecule has 4 nitrogen and oxygen atoms in total. The van der Waals surface area contributed by atoms with Crippen LogP contribution in [0.4, 0.5) is 5.82 Å². The number of nitrogens with zero attached hydrogens (tertiary/aromatic N) is 4. The zero-order chi connectivity index (χ0) is 20.3. The van der Waals surface area contributed by atoms with Crippen molar-refractivity contribution < 1.29 is 0 Å². The lowest BCUT2D eigenvalue weighted by atomic mass is 10.1. The fourth-order valence-corrected chi connectivity index (χ4v) is 3.61. The van der Waals surface area contributed by atoms with Gasteiger partial charge in [-0.3, -0.25) is 4.57 Å². The maximum absolute atomic E-state index is 4.84. The number of hydrogen-bond donors (Lipinski definition) is 0. The summed E-state index contributed by atoms with van der Waals surface area (Å²) in [6.45, 7) is 1.98. The van der Waals surface area contributed by atoms with E-state index < -0.39 is 0 Å². The molecule has 0 aliphatic carbocycles. The van der Waals surface area contributed by atoms with Crippen molar-refractivity contribution in [1.82, 2.24) is 14.5 Å². The Balaban J connectivity index is 1.67. The zero-order valence-corrected chi connectivity index (χ0v) is 16.6. The van der Waals surface area contributed by atoms with E-state index >= 15 is 0 Å². The molecule has 5 aromatic rings. The van der Waals surface area contributed by atoms with Gasteiger partial charge in [-0.05, 0) is 55.5 Å². The summed E-state index contributed by atoms with van der Waals surface area (Å²) in [5, 5.41) is 2.24. The van der Waals surface area contributed by atoms with Crippen LogP contribution in [0.1, 0.15) is 6.92 Å². The number of rotatable bonds is 4. The molecule has 0 fully saturated rings. The number of allylic oxidation sites excluding steroid dienone is 2. The minimum atomic E-state index is 0.838.